The molecule has 20 heavy (non-hydrogen) atoms. The van der Waals surface area contributed by atoms with Crippen LogP contribution in [0, 0.1) is 0 Å². The number of rotatable bonds is 6. The first kappa shape index (κ1) is 16.3. The van der Waals surface area contributed by atoms with E-state index in [1.165, 1.54) is 5.69 Å². The average Bonchev–Trinajstić information content (AvgIpc) is 2.37. The lowest BCUT2D eigenvalue weighted by Crippen LogP contribution is -2.45. The van der Waals surface area contributed by atoms with Gasteiger partial charge < -0.3 is 16.0 Å². The van der Waals surface area contributed by atoms with Gasteiger partial charge in [0.15, 0.2) is 5.96 Å². The molecule has 0 amide bonds. The van der Waals surface area contributed by atoms with Crippen molar-refractivity contribution in [1.29, 1.82) is 0 Å². The lowest BCUT2D eigenvalue weighted by molar-refractivity contribution is 0.508. The molecule has 0 unspecified atom stereocenters. The minimum atomic E-state index is -0.0267. The highest BCUT2D eigenvalue weighted by molar-refractivity contribution is 5.78. The van der Waals surface area contributed by atoms with E-state index in [9.17, 15) is 0 Å². The fourth-order valence-electron chi connectivity index (χ4n) is 1.90. The Balaban J connectivity index is 2.21. The van der Waals surface area contributed by atoms with Gasteiger partial charge in [-0.25, -0.2) is 0 Å². The number of benzene rings is 1. The molecule has 1 rings (SSSR count). The SMILES string of the molecule is CN(CCCCN=C(N)NC(C)(C)C)c1ccccc1. The Labute approximate surface area is 123 Å². The summed E-state index contributed by atoms with van der Waals surface area (Å²) in [6, 6.07) is 10.4. The predicted octanol–water partition coefficient (Wildman–Crippen LogP) is 2.61. The maximum absolute atomic E-state index is 5.82. The molecule has 0 bridgehead atoms. The van der Waals surface area contributed by atoms with Crippen molar-refractivity contribution in [3.8, 4) is 0 Å². The van der Waals surface area contributed by atoms with E-state index in [1.807, 2.05) is 6.07 Å². The van der Waals surface area contributed by atoms with E-state index in [0.29, 0.717) is 5.96 Å². The third-order valence-corrected chi connectivity index (χ3v) is 2.88. The van der Waals surface area contributed by atoms with E-state index in [-0.39, 0.29) is 5.54 Å². The lowest BCUT2D eigenvalue weighted by atomic mass is 10.1. The Morgan fingerprint density at radius 1 is 1.20 bits per heavy atom. The summed E-state index contributed by atoms with van der Waals surface area (Å²) in [7, 11) is 2.12. The maximum Gasteiger partial charge on any atom is 0.188 e. The van der Waals surface area contributed by atoms with Gasteiger partial charge >= 0.3 is 0 Å². The Kier molecular flexibility index (Phi) is 6.36. The number of nitrogens with zero attached hydrogens (tertiary/aromatic N) is 2. The standard InChI is InChI=1S/C16H28N4/c1-16(2,3)19-15(17)18-12-8-9-13-20(4)14-10-6-5-7-11-14/h5-7,10-11H,8-9,12-13H2,1-4H3,(H3,17,18,19). The van der Waals surface area contributed by atoms with Crippen LogP contribution in [-0.4, -0.2) is 31.6 Å². The van der Waals surface area contributed by atoms with Gasteiger partial charge in [0, 0.05) is 31.4 Å². The van der Waals surface area contributed by atoms with Crippen molar-refractivity contribution in [2.75, 3.05) is 25.0 Å². The van der Waals surface area contributed by atoms with Gasteiger partial charge in [0.05, 0.1) is 0 Å². The van der Waals surface area contributed by atoms with Gasteiger partial charge in [-0.05, 0) is 45.7 Å². The van der Waals surface area contributed by atoms with Crippen LogP contribution >= 0.6 is 0 Å². The summed E-state index contributed by atoms with van der Waals surface area (Å²) in [5.41, 5.74) is 7.05. The number of nitrogens with two attached hydrogens (primary N) is 1. The Morgan fingerprint density at radius 2 is 1.85 bits per heavy atom. The van der Waals surface area contributed by atoms with Crippen LogP contribution in [0.25, 0.3) is 0 Å². The molecule has 0 aliphatic rings. The van der Waals surface area contributed by atoms with Crippen LogP contribution in [0.5, 0.6) is 0 Å². The van der Waals surface area contributed by atoms with Crippen LogP contribution < -0.4 is 16.0 Å². The Hall–Kier alpha value is -1.71. The van der Waals surface area contributed by atoms with Gasteiger partial charge in [0.2, 0.25) is 0 Å². The van der Waals surface area contributed by atoms with E-state index in [0.717, 1.165) is 25.9 Å². The Bertz CT molecular complexity index is 406. The molecule has 0 saturated heterocycles. The fourth-order valence-corrected chi connectivity index (χ4v) is 1.90. The third-order valence-electron chi connectivity index (χ3n) is 2.88. The summed E-state index contributed by atoms with van der Waals surface area (Å²) in [5.74, 6) is 0.536. The van der Waals surface area contributed by atoms with Gasteiger partial charge in [-0.1, -0.05) is 18.2 Å². The molecular formula is C16H28N4. The van der Waals surface area contributed by atoms with Crippen LogP contribution in [0.1, 0.15) is 33.6 Å². The van der Waals surface area contributed by atoms with Crippen LogP contribution in [0.15, 0.2) is 35.3 Å². The number of nitrogens with one attached hydrogen (secondary N) is 1. The number of para-hydroxylation sites is 1. The molecule has 0 aliphatic carbocycles. The Morgan fingerprint density at radius 3 is 2.45 bits per heavy atom. The summed E-state index contributed by atoms with van der Waals surface area (Å²) in [5, 5.41) is 3.16. The lowest BCUT2D eigenvalue weighted by Gasteiger charge is -2.21. The average molecular weight is 276 g/mol. The molecule has 4 nitrogen and oxygen atoms in total. The van der Waals surface area contributed by atoms with Crippen LogP contribution in [0.3, 0.4) is 0 Å². The van der Waals surface area contributed by atoms with Gasteiger partial charge in [-0.15, -0.1) is 0 Å². The van der Waals surface area contributed by atoms with Crippen molar-refractivity contribution in [3.63, 3.8) is 0 Å². The van der Waals surface area contributed by atoms with Crippen molar-refractivity contribution < 1.29 is 0 Å². The highest BCUT2D eigenvalue weighted by Crippen LogP contribution is 2.11. The first-order chi connectivity index (χ1) is 9.38. The highest BCUT2D eigenvalue weighted by atomic mass is 15.1. The molecule has 0 radical (unpaired) electrons. The predicted molar refractivity (Wildman–Crippen MR) is 88.3 cm³/mol. The second kappa shape index (κ2) is 7.78. The molecule has 0 fully saturated rings. The molecule has 0 spiro atoms. The minimum absolute atomic E-state index is 0.0267. The minimum Gasteiger partial charge on any atom is -0.375 e. The summed E-state index contributed by atoms with van der Waals surface area (Å²) >= 11 is 0. The zero-order valence-corrected chi connectivity index (χ0v) is 13.2. The largest absolute Gasteiger partial charge is 0.375 e. The first-order valence-corrected chi connectivity index (χ1v) is 7.23. The molecule has 3 N–H and O–H groups in total. The topological polar surface area (TPSA) is 53.6 Å². The number of guanidine groups is 1. The normalized spacial score (nSPS) is 12.3. The summed E-state index contributed by atoms with van der Waals surface area (Å²) in [6.45, 7) is 8.03. The van der Waals surface area contributed by atoms with Gasteiger partial charge in [-0.2, -0.15) is 0 Å². The number of hydrogen-bond acceptors (Lipinski definition) is 2. The van der Waals surface area contributed by atoms with E-state index in [1.54, 1.807) is 0 Å². The summed E-state index contributed by atoms with van der Waals surface area (Å²) in [4.78, 5) is 6.61. The van der Waals surface area contributed by atoms with E-state index >= 15 is 0 Å². The zero-order valence-electron chi connectivity index (χ0n) is 13.2. The zero-order chi connectivity index (χ0) is 15.0. The molecule has 4 heteroatoms. The number of anilines is 1. The molecule has 0 heterocycles. The maximum atomic E-state index is 5.82. The number of unbranched alkanes of at least 4 members (excludes halogenated alkanes) is 1. The molecule has 1 aromatic rings. The van der Waals surface area contributed by atoms with Crippen molar-refractivity contribution in [2.45, 2.75) is 39.2 Å². The number of hydrogen-bond donors (Lipinski definition) is 2. The van der Waals surface area contributed by atoms with Crippen molar-refractivity contribution in [2.24, 2.45) is 10.7 Å². The molecule has 1 aromatic carbocycles. The van der Waals surface area contributed by atoms with Gasteiger partial charge in [0.1, 0.15) is 0 Å². The fraction of sp³-hybridized carbons (Fsp3) is 0.562. The quantitative estimate of drug-likeness (QED) is 0.477. The summed E-state index contributed by atoms with van der Waals surface area (Å²) in [6.07, 6.45) is 2.15. The molecule has 0 aromatic heterocycles. The molecule has 0 saturated carbocycles. The first-order valence-electron chi connectivity index (χ1n) is 7.23. The van der Waals surface area contributed by atoms with Crippen LogP contribution in [0.4, 0.5) is 5.69 Å². The third kappa shape index (κ3) is 7.02. The summed E-state index contributed by atoms with van der Waals surface area (Å²) < 4.78 is 0. The van der Waals surface area contributed by atoms with Crippen molar-refractivity contribution >= 4 is 11.6 Å². The second-order valence-electron chi connectivity index (χ2n) is 6.11. The monoisotopic (exact) mass is 276 g/mol. The van der Waals surface area contributed by atoms with Crippen LogP contribution in [-0.2, 0) is 0 Å². The van der Waals surface area contributed by atoms with Gasteiger partial charge in [-0.3, -0.25) is 4.99 Å². The molecule has 0 aliphatic heterocycles. The highest BCUT2D eigenvalue weighted by Gasteiger charge is 2.09. The van der Waals surface area contributed by atoms with E-state index in [4.69, 9.17) is 5.73 Å². The smallest absolute Gasteiger partial charge is 0.188 e. The molecule has 112 valence electrons. The van der Waals surface area contributed by atoms with Gasteiger partial charge in [0.25, 0.3) is 0 Å². The van der Waals surface area contributed by atoms with E-state index in [2.05, 4.69) is 67.3 Å². The van der Waals surface area contributed by atoms with E-state index < -0.39 is 0 Å². The second-order valence-corrected chi connectivity index (χ2v) is 6.11. The molecule has 0 atom stereocenters. The van der Waals surface area contributed by atoms with Crippen LogP contribution in [0.2, 0.25) is 0 Å². The number of aliphatic imine (C=N–C) groups is 1. The van der Waals surface area contributed by atoms with Crippen molar-refractivity contribution in [1.82, 2.24) is 5.32 Å². The molecular weight excluding hydrogens is 248 g/mol. The van der Waals surface area contributed by atoms with Crippen molar-refractivity contribution in [3.05, 3.63) is 30.3 Å².